The number of carbonyl (C=O) groups is 2. The smallest absolute Gasteiger partial charge is 0.316 e. The highest BCUT2D eigenvalue weighted by Crippen LogP contribution is 2.37. The van der Waals surface area contributed by atoms with E-state index >= 15 is 0 Å². The van der Waals surface area contributed by atoms with Crippen molar-refractivity contribution in [2.45, 2.75) is 38.2 Å². The number of piperidine rings is 1. The third-order valence-electron chi connectivity index (χ3n) is 6.74. The highest BCUT2D eigenvalue weighted by Gasteiger charge is 2.44. The van der Waals surface area contributed by atoms with Crippen molar-refractivity contribution in [2.75, 3.05) is 31.6 Å². The lowest BCUT2D eigenvalue weighted by molar-refractivity contribution is -0.152. The number of anilines is 1. The fourth-order valence-corrected chi connectivity index (χ4v) is 4.65. The van der Waals surface area contributed by atoms with Crippen LogP contribution in [0.25, 0.3) is 0 Å². The maximum Gasteiger partial charge on any atom is 0.316 e. The summed E-state index contributed by atoms with van der Waals surface area (Å²) < 4.78 is 11.3. The fourth-order valence-electron chi connectivity index (χ4n) is 4.65. The molecule has 6 heteroatoms. The maximum absolute atomic E-state index is 12.9. The minimum absolute atomic E-state index is 0.0294. The molecule has 4 rings (SSSR count). The minimum atomic E-state index is -0.611. The lowest BCUT2D eigenvalue weighted by Crippen LogP contribution is -2.48. The van der Waals surface area contributed by atoms with Gasteiger partial charge in [0, 0.05) is 18.7 Å². The van der Waals surface area contributed by atoms with Gasteiger partial charge in [-0.3, -0.25) is 9.59 Å². The first kappa shape index (κ1) is 25.5. The van der Waals surface area contributed by atoms with Crippen LogP contribution < -0.4 is 10.1 Å². The van der Waals surface area contributed by atoms with Crippen LogP contribution in [0, 0.1) is 0 Å². The van der Waals surface area contributed by atoms with Gasteiger partial charge in [-0.2, -0.15) is 0 Å². The summed E-state index contributed by atoms with van der Waals surface area (Å²) in [6, 6.07) is 27.4. The van der Waals surface area contributed by atoms with E-state index < -0.39 is 5.41 Å². The van der Waals surface area contributed by atoms with E-state index in [1.54, 1.807) is 0 Å². The first-order valence-electron chi connectivity index (χ1n) is 12.6. The number of hydrogen-bond donors (Lipinski definition) is 1. The Morgan fingerprint density at radius 1 is 0.889 bits per heavy atom. The molecule has 0 saturated carbocycles. The quantitative estimate of drug-likeness (QED) is 0.400. The number of likely N-dealkylation sites (tertiary alicyclic amines) is 1. The van der Waals surface area contributed by atoms with Crippen molar-refractivity contribution in [3.05, 3.63) is 96.1 Å². The second kappa shape index (κ2) is 12.4. The Hall–Kier alpha value is -3.64. The zero-order valence-corrected chi connectivity index (χ0v) is 20.8. The predicted molar refractivity (Wildman–Crippen MR) is 141 cm³/mol. The molecule has 3 aromatic carbocycles. The lowest BCUT2D eigenvalue weighted by atomic mass is 9.72. The largest absolute Gasteiger partial charge is 0.489 e. The summed E-state index contributed by atoms with van der Waals surface area (Å²) in [5.41, 5.74) is 2.25. The molecule has 0 radical (unpaired) electrons. The Bertz CT molecular complexity index is 1110. The van der Waals surface area contributed by atoms with Crippen LogP contribution in [0.1, 0.15) is 37.3 Å². The molecule has 0 aliphatic carbocycles. The van der Waals surface area contributed by atoms with Crippen LogP contribution in [-0.2, 0) is 26.3 Å². The van der Waals surface area contributed by atoms with Crippen molar-refractivity contribution in [1.82, 2.24) is 4.90 Å². The molecule has 1 amide bonds. The first-order chi connectivity index (χ1) is 17.6. The van der Waals surface area contributed by atoms with Gasteiger partial charge in [0.25, 0.3) is 0 Å². The van der Waals surface area contributed by atoms with Crippen LogP contribution in [0.5, 0.6) is 5.75 Å². The van der Waals surface area contributed by atoms with E-state index in [-0.39, 0.29) is 11.9 Å². The number of benzene rings is 3. The summed E-state index contributed by atoms with van der Waals surface area (Å²) in [5, 5.41) is 2.96. The van der Waals surface area contributed by atoms with E-state index in [4.69, 9.17) is 9.47 Å². The zero-order chi connectivity index (χ0) is 25.2. The Morgan fingerprint density at radius 3 is 2.17 bits per heavy atom. The van der Waals surface area contributed by atoms with Gasteiger partial charge in [0.2, 0.25) is 5.91 Å². The summed E-state index contributed by atoms with van der Waals surface area (Å²) in [5.74, 6) is 0.580. The molecule has 1 heterocycles. The van der Waals surface area contributed by atoms with Crippen molar-refractivity contribution in [2.24, 2.45) is 0 Å². The summed E-state index contributed by atoms with van der Waals surface area (Å²) in [7, 11) is 0. The van der Waals surface area contributed by atoms with E-state index in [1.165, 1.54) is 0 Å². The van der Waals surface area contributed by atoms with Gasteiger partial charge < -0.3 is 19.7 Å². The number of esters is 1. The zero-order valence-electron chi connectivity index (χ0n) is 20.8. The third-order valence-corrected chi connectivity index (χ3v) is 6.74. The van der Waals surface area contributed by atoms with Gasteiger partial charge in [-0.05, 0) is 68.2 Å². The molecule has 0 spiro atoms. The molecular formula is C30H34N2O4. The van der Waals surface area contributed by atoms with Gasteiger partial charge in [0.05, 0.1) is 12.0 Å². The molecule has 0 bridgehead atoms. The standard InChI is InChI=1S/C30H34N2O4/c1-2-35-29(34)30(25-11-7-4-8-12-25)18-21-32(22-19-30)20-17-28(33)31-26-13-15-27(16-14-26)36-23-24-9-5-3-6-10-24/h3-16H,2,17-23H2,1H3,(H,31,33). The number of carbonyl (C=O) groups excluding carboxylic acids is 2. The number of ether oxygens (including phenoxy) is 2. The molecule has 0 aromatic heterocycles. The second-order valence-corrected chi connectivity index (χ2v) is 9.11. The van der Waals surface area contributed by atoms with Crippen LogP contribution in [0.3, 0.4) is 0 Å². The molecule has 1 fully saturated rings. The first-order valence-corrected chi connectivity index (χ1v) is 12.6. The molecule has 36 heavy (non-hydrogen) atoms. The van der Waals surface area contributed by atoms with E-state index in [2.05, 4.69) is 10.2 Å². The highest BCUT2D eigenvalue weighted by atomic mass is 16.5. The average molecular weight is 487 g/mol. The Kier molecular flexibility index (Phi) is 8.74. The fraction of sp³-hybridized carbons (Fsp3) is 0.333. The molecule has 0 unspecified atom stereocenters. The van der Waals surface area contributed by atoms with Crippen molar-refractivity contribution in [3.63, 3.8) is 0 Å². The summed E-state index contributed by atoms with van der Waals surface area (Å²) in [4.78, 5) is 27.7. The van der Waals surface area contributed by atoms with E-state index in [1.807, 2.05) is 91.9 Å². The van der Waals surface area contributed by atoms with Crippen molar-refractivity contribution in [1.29, 1.82) is 0 Å². The molecule has 1 saturated heterocycles. The number of rotatable bonds is 10. The van der Waals surface area contributed by atoms with Crippen LogP contribution >= 0.6 is 0 Å². The molecule has 1 aliphatic rings. The number of amides is 1. The minimum Gasteiger partial charge on any atom is -0.489 e. The second-order valence-electron chi connectivity index (χ2n) is 9.11. The van der Waals surface area contributed by atoms with Crippen molar-refractivity contribution < 1.29 is 19.1 Å². The molecular weight excluding hydrogens is 452 g/mol. The third kappa shape index (κ3) is 6.52. The van der Waals surface area contributed by atoms with Crippen LogP contribution in [0.15, 0.2) is 84.9 Å². The van der Waals surface area contributed by atoms with Gasteiger partial charge in [-0.1, -0.05) is 60.7 Å². The molecule has 3 aromatic rings. The van der Waals surface area contributed by atoms with Crippen LogP contribution in [-0.4, -0.2) is 43.0 Å². The number of hydrogen-bond acceptors (Lipinski definition) is 5. The van der Waals surface area contributed by atoms with Crippen LogP contribution in [0.2, 0.25) is 0 Å². The Morgan fingerprint density at radius 2 is 1.53 bits per heavy atom. The highest BCUT2D eigenvalue weighted by molar-refractivity contribution is 5.90. The van der Waals surface area contributed by atoms with Gasteiger partial charge >= 0.3 is 5.97 Å². The number of nitrogens with zero attached hydrogens (tertiary/aromatic N) is 1. The van der Waals surface area contributed by atoms with Gasteiger partial charge in [-0.15, -0.1) is 0 Å². The summed E-state index contributed by atoms with van der Waals surface area (Å²) in [6.45, 7) is 4.86. The summed E-state index contributed by atoms with van der Waals surface area (Å²) in [6.07, 6.45) is 1.76. The topological polar surface area (TPSA) is 67.9 Å². The molecule has 0 atom stereocenters. The lowest BCUT2D eigenvalue weighted by Gasteiger charge is -2.40. The Labute approximate surface area is 213 Å². The predicted octanol–water partition coefficient (Wildman–Crippen LogP) is 5.19. The van der Waals surface area contributed by atoms with E-state index in [0.29, 0.717) is 39.0 Å². The van der Waals surface area contributed by atoms with E-state index in [0.717, 1.165) is 35.7 Å². The van der Waals surface area contributed by atoms with Gasteiger partial charge in [0.15, 0.2) is 0 Å². The molecule has 1 aliphatic heterocycles. The molecule has 1 N–H and O–H groups in total. The Balaban J connectivity index is 1.24. The average Bonchev–Trinajstić information content (AvgIpc) is 2.93. The van der Waals surface area contributed by atoms with Crippen molar-refractivity contribution >= 4 is 17.6 Å². The van der Waals surface area contributed by atoms with Gasteiger partial charge in [-0.25, -0.2) is 0 Å². The number of nitrogens with one attached hydrogen (secondary N) is 1. The SMILES string of the molecule is CCOC(=O)C1(c2ccccc2)CCN(CCC(=O)Nc2ccc(OCc3ccccc3)cc2)CC1. The van der Waals surface area contributed by atoms with E-state index in [9.17, 15) is 9.59 Å². The molecule has 6 nitrogen and oxygen atoms in total. The van der Waals surface area contributed by atoms with Gasteiger partial charge in [0.1, 0.15) is 12.4 Å². The normalized spacial score (nSPS) is 15.1. The van der Waals surface area contributed by atoms with Crippen molar-refractivity contribution in [3.8, 4) is 5.75 Å². The maximum atomic E-state index is 12.9. The monoisotopic (exact) mass is 486 g/mol. The van der Waals surface area contributed by atoms with Crippen LogP contribution in [0.4, 0.5) is 5.69 Å². The summed E-state index contributed by atoms with van der Waals surface area (Å²) >= 11 is 0. The molecule has 188 valence electrons.